The lowest BCUT2D eigenvalue weighted by Gasteiger charge is -2.28. The number of ether oxygens (including phenoxy) is 1. The van der Waals surface area contributed by atoms with Gasteiger partial charge in [-0.3, -0.25) is 4.79 Å². The van der Waals surface area contributed by atoms with Gasteiger partial charge >= 0.3 is 0 Å². The normalized spacial score (nSPS) is 25.9. The van der Waals surface area contributed by atoms with Gasteiger partial charge in [0.1, 0.15) is 0 Å². The second-order valence-electron chi connectivity index (χ2n) is 7.68. The molecule has 2 N–H and O–H groups in total. The summed E-state index contributed by atoms with van der Waals surface area (Å²) in [6, 6.07) is 7.32. The summed E-state index contributed by atoms with van der Waals surface area (Å²) in [5.74, 6) is 0.669. The molecule has 2 bridgehead atoms. The molecule has 132 valence electrons. The molecule has 0 saturated carbocycles. The first-order chi connectivity index (χ1) is 11.5. The number of anilines is 1. The Morgan fingerprint density at radius 2 is 2.00 bits per heavy atom. The number of amides is 1. The molecule has 0 spiro atoms. The Balaban J connectivity index is 1.57. The van der Waals surface area contributed by atoms with E-state index in [0.717, 1.165) is 29.7 Å². The molecule has 24 heavy (non-hydrogen) atoms. The molecule has 1 aromatic rings. The van der Waals surface area contributed by atoms with Crippen molar-refractivity contribution in [3.05, 3.63) is 29.3 Å². The van der Waals surface area contributed by atoms with Crippen molar-refractivity contribution in [1.82, 2.24) is 5.32 Å². The molecule has 2 aliphatic rings. The lowest BCUT2D eigenvalue weighted by atomic mass is 9.89. The molecule has 4 heteroatoms. The molecule has 2 atom stereocenters. The summed E-state index contributed by atoms with van der Waals surface area (Å²) in [6.07, 6.45) is 5.69. The zero-order valence-electron chi connectivity index (χ0n) is 15.1. The summed E-state index contributed by atoms with van der Waals surface area (Å²) in [4.78, 5) is 12.5. The average molecular weight is 330 g/mol. The van der Waals surface area contributed by atoms with Crippen LogP contribution in [-0.4, -0.2) is 24.1 Å². The quantitative estimate of drug-likeness (QED) is 0.834. The molecule has 4 nitrogen and oxygen atoms in total. The second kappa shape index (κ2) is 7.66. The zero-order chi connectivity index (χ0) is 17.1. The summed E-state index contributed by atoms with van der Waals surface area (Å²) in [5, 5.41) is 6.76. The van der Waals surface area contributed by atoms with Crippen LogP contribution in [0.25, 0.3) is 0 Å². The van der Waals surface area contributed by atoms with Crippen molar-refractivity contribution in [2.45, 2.75) is 77.7 Å². The molecular formula is C20H30N2O2. The number of hydrogen-bond donors (Lipinski definition) is 2. The van der Waals surface area contributed by atoms with E-state index in [1.54, 1.807) is 0 Å². The van der Waals surface area contributed by atoms with E-state index in [2.05, 4.69) is 23.6 Å². The highest BCUT2D eigenvalue weighted by atomic mass is 16.5. The Labute approximate surface area is 145 Å². The number of fused-ring (bicyclic) bond motifs is 2. The van der Waals surface area contributed by atoms with E-state index in [4.69, 9.17) is 4.74 Å². The summed E-state index contributed by atoms with van der Waals surface area (Å²) >= 11 is 0. The predicted octanol–water partition coefficient (Wildman–Crippen LogP) is 3.78. The Morgan fingerprint density at radius 3 is 2.67 bits per heavy atom. The van der Waals surface area contributed by atoms with Crippen molar-refractivity contribution in [3.63, 3.8) is 0 Å². The molecule has 0 radical (unpaired) electrons. The first kappa shape index (κ1) is 17.4. The van der Waals surface area contributed by atoms with E-state index >= 15 is 0 Å². The van der Waals surface area contributed by atoms with Gasteiger partial charge in [0.25, 0.3) is 0 Å². The van der Waals surface area contributed by atoms with Crippen molar-refractivity contribution in [3.8, 4) is 0 Å². The van der Waals surface area contributed by atoms with Crippen LogP contribution in [0, 0.1) is 12.8 Å². The van der Waals surface area contributed by atoms with Crippen molar-refractivity contribution < 1.29 is 9.53 Å². The van der Waals surface area contributed by atoms with Crippen LogP contribution in [-0.2, 0) is 16.1 Å². The lowest BCUT2D eigenvalue weighted by molar-refractivity contribution is -0.117. The number of piperidine rings is 1. The van der Waals surface area contributed by atoms with Gasteiger partial charge in [-0.2, -0.15) is 0 Å². The Kier molecular flexibility index (Phi) is 5.57. The first-order valence-electron chi connectivity index (χ1n) is 9.27. The average Bonchev–Trinajstić information content (AvgIpc) is 2.87. The van der Waals surface area contributed by atoms with E-state index in [1.165, 1.54) is 12.8 Å². The van der Waals surface area contributed by atoms with E-state index in [-0.39, 0.29) is 12.0 Å². The molecule has 3 rings (SSSR count). The molecular weight excluding hydrogens is 300 g/mol. The molecule has 2 fully saturated rings. The lowest BCUT2D eigenvalue weighted by Crippen LogP contribution is -2.39. The van der Waals surface area contributed by atoms with Gasteiger partial charge in [-0.25, -0.2) is 0 Å². The van der Waals surface area contributed by atoms with Crippen LogP contribution >= 0.6 is 0 Å². The van der Waals surface area contributed by atoms with Crippen LogP contribution in [0.5, 0.6) is 0 Å². The zero-order valence-corrected chi connectivity index (χ0v) is 15.1. The molecule has 0 aromatic heterocycles. The summed E-state index contributed by atoms with van der Waals surface area (Å²) in [5.41, 5.74) is 3.17. The number of carbonyl (C=O) groups is 1. The van der Waals surface area contributed by atoms with E-state index < -0.39 is 0 Å². The van der Waals surface area contributed by atoms with Gasteiger partial charge in [0.15, 0.2) is 0 Å². The van der Waals surface area contributed by atoms with Gasteiger partial charge in [0.05, 0.1) is 12.7 Å². The first-order valence-corrected chi connectivity index (χ1v) is 9.27. The Hall–Kier alpha value is -1.39. The Bertz CT molecular complexity index is 573. The maximum atomic E-state index is 12.5. The highest BCUT2D eigenvalue weighted by Gasteiger charge is 2.34. The monoisotopic (exact) mass is 330 g/mol. The maximum Gasteiger partial charge on any atom is 0.224 e. The molecule has 2 heterocycles. The highest BCUT2D eigenvalue weighted by Crippen LogP contribution is 2.33. The van der Waals surface area contributed by atoms with Gasteiger partial charge < -0.3 is 15.4 Å². The van der Waals surface area contributed by atoms with Gasteiger partial charge in [-0.15, -0.1) is 0 Å². The summed E-state index contributed by atoms with van der Waals surface area (Å²) in [6.45, 7) is 6.71. The van der Waals surface area contributed by atoms with Crippen LogP contribution in [0.1, 0.15) is 57.1 Å². The summed E-state index contributed by atoms with van der Waals surface area (Å²) in [7, 11) is 0. The van der Waals surface area contributed by atoms with Crippen LogP contribution in [0.4, 0.5) is 5.69 Å². The van der Waals surface area contributed by atoms with Gasteiger partial charge in [-0.05, 0) is 69.6 Å². The SMILES string of the molecule is Cc1c(COC(C)C)cccc1NC(=O)CC1CC2CCC(C1)N2. The third kappa shape index (κ3) is 4.37. The molecule has 1 amide bonds. The molecule has 1 aromatic carbocycles. The summed E-state index contributed by atoms with van der Waals surface area (Å²) < 4.78 is 5.70. The van der Waals surface area contributed by atoms with E-state index in [9.17, 15) is 4.79 Å². The topological polar surface area (TPSA) is 50.4 Å². The van der Waals surface area contributed by atoms with Crippen LogP contribution in [0.2, 0.25) is 0 Å². The number of nitrogens with one attached hydrogen (secondary N) is 2. The van der Waals surface area contributed by atoms with Crippen LogP contribution in [0.15, 0.2) is 18.2 Å². The van der Waals surface area contributed by atoms with E-state index in [0.29, 0.717) is 31.0 Å². The minimum absolute atomic E-state index is 0.145. The predicted molar refractivity (Wildman–Crippen MR) is 97.0 cm³/mol. The van der Waals surface area contributed by atoms with Crippen LogP contribution < -0.4 is 10.6 Å². The standard InChI is InChI=1S/C20H30N2O2/c1-13(2)24-12-16-5-4-6-19(14(16)3)22-20(23)11-15-9-17-7-8-18(10-15)21-17/h4-6,13,15,17-18,21H,7-12H2,1-3H3,(H,22,23). The fraction of sp³-hybridized carbons (Fsp3) is 0.650. The van der Waals surface area contributed by atoms with Crippen LogP contribution in [0.3, 0.4) is 0 Å². The largest absolute Gasteiger partial charge is 0.374 e. The van der Waals surface area contributed by atoms with Gasteiger partial charge in [-0.1, -0.05) is 12.1 Å². The highest BCUT2D eigenvalue weighted by molar-refractivity contribution is 5.91. The smallest absolute Gasteiger partial charge is 0.224 e. The minimum atomic E-state index is 0.145. The molecule has 0 aliphatic carbocycles. The number of rotatable bonds is 6. The van der Waals surface area contributed by atoms with Gasteiger partial charge in [0.2, 0.25) is 5.91 Å². The molecule has 2 aliphatic heterocycles. The number of hydrogen-bond acceptors (Lipinski definition) is 3. The van der Waals surface area contributed by atoms with Crippen molar-refractivity contribution in [2.24, 2.45) is 5.92 Å². The van der Waals surface area contributed by atoms with Crippen molar-refractivity contribution in [2.75, 3.05) is 5.32 Å². The third-order valence-electron chi connectivity index (χ3n) is 5.34. The maximum absolute atomic E-state index is 12.5. The van der Waals surface area contributed by atoms with Gasteiger partial charge in [0, 0.05) is 24.2 Å². The number of carbonyl (C=O) groups excluding carboxylic acids is 1. The number of benzene rings is 1. The Morgan fingerprint density at radius 1 is 1.29 bits per heavy atom. The fourth-order valence-electron chi connectivity index (χ4n) is 4.04. The van der Waals surface area contributed by atoms with Crippen molar-refractivity contribution in [1.29, 1.82) is 0 Å². The minimum Gasteiger partial charge on any atom is -0.374 e. The third-order valence-corrected chi connectivity index (χ3v) is 5.34. The molecule has 2 unspecified atom stereocenters. The second-order valence-corrected chi connectivity index (χ2v) is 7.68. The van der Waals surface area contributed by atoms with Crippen molar-refractivity contribution >= 4 is 11.6 Å². The fourth-order valence-corrected chi connectivity index (χ4v) is 4.04. The molecule has 2 saturated heterocycles. The van der Waals surface area contributed by atoms with E-state index in [1.807, 2.05) is 26.0 Å².